The predicted molar refractivity (Wildman–Crippen MR) is 105 cm³/mol. The molecule has 3 rings (SSSR count). The van der Waals surface area contributed by atoms with E-state index in [4.69, 9.17) is 9.47 Å². The quantitative estimate of drug-likeness (QED) is 0.692. The van der Waals surface area contributed by atoms with Crippen LogP contribution in [0, 0.1) is 12.8 Å². The molecule has 1 fully saturated rings. The summed E-state index contributed by atoms with van der Waals surface area (Å²) in [5.74, 6) is -1.08. The Kier molecular flexibility index (Phi) is 5.93. The maximum Gasteiger partial charge on any atom is 0.424 e. The molecule has 0 aromatic heterocycles. The number of hydrogen-bond acceptors (Lipinski definition) is 6. The van der Waals surface area contributed by atoms with Gasteiger partial charge < -0.3 is 9.47 Å². The number of methoxy groups -OCH3 is 1. The molecule has 1 heterocycles. The minimum absolute atomic E-state index is 0.0414. The molecule has 0 aliphatic carbocycles. The highest BCUT2D eigenvalue weighted by Gasteiger charge is 2.48. The molecule has 0 unspecified atom stereocenters. The van der Waals surface area contributed by atoms with E-state index < -0.39 is 40.1 Å². The molecule has 7 nitrogen and oxygen atoms in total. The third-order valence-electron chi connectivity index (χ3n) is 5.10. The summed E-state index contributed by atoms with van der Waals surface area (Å²) in [5.41, 5.74) is 1.62. The van der Waals surface area contributed by atoms with Crippen molar-refractivity contribution in [2.45, 2.75) is 37.3 Å². The molecule has 2 aromatic rings. The maximum absolute atomic E-state index is 13.3. The summed E-state index contributed by atoms with van der Waals surface area (Å²) >= 11 is 0. The number of ether oxygens (including phenoxy) is 2. The molecule has 1 aliphatic heterocycles. The van der Waals surface area contributed by atoms with Gasteiger partial charge in [0.2, 0.25) is 0 Å². The lowest BCUT2D eigenvalue weighted by molar-refractivity contribution is -0.143. The van der Waals surface area contributed by atoms with Gasteiger partial charge in [0.15, 0.2) is 0 Å². The molecule has 3 atom stereocenters. The van der Waals surface area contributed by atoms with Crippen LogP contribution in [0.1, 0.15) is 30.6 Å². The van der Waals surface area contributed by atoms with Gasteiger partial charge >= 0.3 is 12.1 Å². The van der Waals surface area contributed by atoms with Crippen LogP contribution in [0.3, 0.4) is 0 Å². The van der Waals surface area contributed by atoms with Crippen molar-refractivity contribution >= 4 is 22.1 Å². The predicted octanol–water partition coefficient (Wildman–Crippen LogP) is 3.45. The van der Waals surface area contributed by atoms with Crippen molar-refractivity contribution in [1.82, 2.24) is 4.31 Å². The molecular formula is C21H23NO6S. The Morgan fingerprint density at radius 3 is 2.31 bits per heavy atom. The molecule has 1 saturated heterocycles. The molecule has 0 N–H and O–H groups in total. The minimum Gasteiger partial charge on any atom is -0.469 e. The zero-order chi connectivity index (χ0) is 21.2. The highest BCUT2D eigenvalue weighted by Crippen LogP contribution is 2.39. The van der Waals surface area contributed by atoms with Crippen molar-refractivity contribution in [2.24, 2.45) is 5.92 Å². The van der Waals surface area contributed by atoms with E-state index in [2.05, 4.69) is 0 Å². The van der Waals surface area contributed by atoms with E-state index in [9.17, 15) is 18.0 Å². The second-order valence-electron chi connectivity index (χ2n) is 7.04. The first kappa shape index (κ1) is 20.9. The molecule has 29 heavy (non-hydrogen) atoms. The van der Waals surface area contributed by atoms with Crippen LogP contribution in [-0.2, 0) is 24.3 Å². The van der Waals surface area contributed by atoms with Gasteiger partial charge in [-0.25, -0.2) is 13.2 Å². The van der Waals surface area contributed by atoms with Gasteiger partial charge in [0.1, 0.15) is 6.10 Å². The number of amides is 1. The Morgan fingerprint density at radius 1 is 1.10 bits per heavy atom. The number of hydrogen-bond donors (Lipinski definition) is 0. The lowest BCUT2D eigenvalue weighted by Gasteiger charge is -2.42. The van der Waals surface area contributed by atoms with Gasteiger partial charge in [0.25, 0.3) is 10.0 Å². The van der Waals surface area contributed by atoms with Crippen molar-refractivity contribution in [3.8, 4) is 0 Å². The van der Waals surface area contributed by atoms with Crippen molar-refractivity contribution < 1.29 is 27.5 Å². The molecular weight excluding hydrogens is 394 g/mol. The fraction of sp³-hybridized carbons (Fsp3) is 0.333. The van der Waals surface area contributed by atoms with E-state index in [1.807, 2.05) is 13.0 Å². The smallest absolute Gasteiger partial charge is 0.424 e. The van der Waals surface area contributed by atoms with Gasteiger partial charge in [-0.1, -0.05) is 55.0 Å². The minimum atomic E-state index is -4.22. The van der Waals surface area contributed by atoms with Gasteiger partial charge in [-0.2, -0.15) is 4.31 Å². The largest absolute Gasteiger partial charge is 0.469 e. The number of aryl methyl sites for hydroxylation is 1. The molecule has 0 saturated carbocycles. The molecule has 0 radical (unpaired) electrons. The fourth-order valence-corrected chi connectivity index (χ4v) is 5.03. The molecule has 8 heteroatoms. The van der Waals surface area contributed by atoms with Crippen LogP contribution in [0.15, 0.2) is 59.5 Å². The van der Waals surface area contributed by atoms with E-state index in [0.717, 1.165) is 11.1 Å². The average Bonchev–Trinajstić information content (AvgIpc) is 2.71. The highest BCUT2D eigenvalue weighted by molar-refractivity contribution is 7.89. The first-order chi connectivity index (χ1) is 13.8. The van der Waals surface area contributed by atoms with E-state index in [1.54, 1.807) is 43.3 Å². The average molecular weight is 417 g/mol. The van der Waals surface area contributed by atoms with Crippen molar-refractivity contribution in [2.75, 3.05) is 7.11 Å². The van der Waals surface area contributed by atoms with Gasteiger partial charge in [-0.05, 0) is 24.6 Å². The third-order valence-corrected chi connectivity index (χ3v) is 6.91. The summed E-state index contributed by atoms with van der Waals surface area (Å²) in [6.07, 6.45) is -1.95. The summed E-state index contributed by atoms with van der Waals surface area (Å²) < 4.78 is 37.5. The number of rotatable bonds is 5. The van der Waals surface area contributed by atoms with Crippen LogP contribution in [0.5, 0.6) is 0 Å². The summed E-state index contributed by atoms with van der Waals surface area (Å²) in [7, 11) is -2.99. The van der Waals surface area contributed by atoms with Crippen molar-refractivity contribution in [3.63, 3.8) is 0 Å². The SMILES string of the molecule is COC(=O)C[C@H]1[C@H](C)[C@H](c2ccccc2)OC(=O)N1S(=O)(=O)c1ccc(C)cc1. The standard InChI is InChI=1S/C21H23NO6S/c1-14-9-11-17(12-10-14)29(25,26)22-18(13-19(23)27-3)15(2)20(28-21(22)24)16-7-5-4-6-8-16/h4-12,15,18,20H,13H2,1-3H3/t15-,18-,20+/m0/s1. The second-order valence-corrected chi connectivity index (χ2v) is 8.85. The Bertz CT molecular complexity index is 988. The van der Waals surface area contributed by atoms with E-state index in [-0.39, 0.29) is 11.3 Å². The van der Waals surface area contributed by atoms with Crippen LogP contribution in [0.4, 0.5) is 4.79 Å². The second kappa shape index (κ2) is 8.24. The van der Waals surface area contributed by atoms with Gasteiger partial charge in [0.05, 0.1) is 24.5 Å². The van der Waals surface area contributed by atoms with Crippen LogP contribution in [0.25, 0.3) is 0 Å². The monoisotopic (exact) mass is 417 g/mol. The lowest BCUT2D eigenvalue weighted by atomic mass is 9.88. The number of cyclic esters (lactones) is 1. The van der Waals surface area contributed by atoms with Crippen LogP contribution in [-0.4, -0.2) is 37.9 Å². The van der Waals surface area contributed by atoms with Gasteiger partial charge in [-0.15, -0.1) is 0 Å². The third kappa shape index (κ3) is 4.12. The fourth-order valence-electron chi connectivity index (χ4n) is 3.46. The van der Waals surface area contributed by atoms with E-state index in [0.29, 0.717) is 4.31 Å². The van der Waals surface area contributed by atoms with Crippen LogP contribution in [0.2, 0.25) is 0 Å². The zero-order valence-electron chi connectivity index (χ0n) is 16.4. The highest BCUT2D eigenvalue weighted by atomic mass is 32.2. The normalized spacial score (nSPS) is 22.1. The van der Waals surface area contributed by atoms with Crippen LogP contribution < -0.4 is 0 Å². The summed E-state index contributed by atoms with van der Waals surface area (Å²) in [6, 6.07) is 14.3. The molecule has 2 aromatic carbocycles. The Morgan fingerprint density at radius 2 is 1.72 bits per heavy atom. The van der Waals surface area contributed by atoms with Gasteiger partial charge in [-0.3, -0.25) is 4.79 Å². The first-order valence-electron chi connectivity index (χ1n) is 9.19. The Balaban J connectivity index is 2.04. The molecule has 1 aliphatic rings. The Hall–Kier alpha value is -2.87. The number of sulfonamides is 1. The van der Waals surface area contributed by atoms with Crippen molar-refractivity contribution in [1.29, 1.82) is 0 Å². The molecule has 0 spiro atoms. The Labute approximate surface area is 170 Å². The topological polar surface area (TPSA) is 90.0 Å². The molecule has 0 bridgehead atoms. The molecule has 1 amide bonds. The summed E-state index contributed by atoms with van der Waals surface area (Å²) in [4.78, 5) is 24.9. The number of carbonyl (C=O) groups excluding carboxylic acids is 2. The lowest BCUT2D eigenvalue weighted by Crippen LogP contribution is -2.54. The van der Waals surface area contributed by atoms with Gasteiger partial charge in [0, 0.05) is 5.92 Å². The van der Waals surface area contributed by atoms with E-state index in [1.165, 1.54) is 19.2 Å². The number of esters is 1. The van der Waals surface area contributed by atoms with E-state index >= 15 is 0 Å². The van der Waals surface area contributed by atoms with Crippen LogP contribution >= 0.6 is 0 Å². The summed E-state index contributed by atoms with van der Waals surface area (Å²) in [6.45, 7) is 3.59. The number of benzene rings is 2. The zero-order valence-corrected chi connectivity index (χ0v) is 17.3. The number of nitrogens with zero attached hydrogens (tertiary/aromatic N) is 1. The molecule has 154 valence electrons. The first-order valence-corrected chi connectivity index (χ1v) is 10.6. The maximum atomic E-state index is 13.3. The van der Waals surface area contributed by atoms with Crippen molar-refractivity contribution in [3.05, 3.63) is 65.7 Å². The number of carbonyl (C=O) groups is 2. The summed E-state index contributed by atoms with van der Waals surface area (Å²) in [5, 5.41) is 0.